The van der Waals surface area contributed by atoms with Gasteiger partial charge in [-0.2, -0.15) is 4.31 Å². The lowest BCUT2D eigenvalue weighted by atomic mass is 9.96. The summed E-state index contributed by atoms with van der Waals surface area (Å²) in [6.07, 6.45) is 3.11. The maximum atomic E-state index is 13.3. The van der Waals surface area contributed by atoms with Crippen LogP contribution in [0, 0.1) is 5.92 Å². The number of carbonyl (C=O) groups excluding carboxylic acids is 2. The lowest BCUT2D eigenvalue weighted by Gasteiger charge is -2.34. The van der Waals surface area contributed by atoms with Crippen molar-refractivity contribution in [2.75, 3.05) is 13.1 Å². The van der Waals surface area contributed by atoms with Crippen molar-refractivity contribution in [3.8, 4) is 0 Å². The van der Waals surface area contributed by atoms with Crippen LogP contribution in [-0.2, 0) is 21.4 Å². The molecule has 0 unspecified atom stereocenters. The molecule has 1 aliphatic carbocycles. The monoisotopic (exact) mass is 440 g/mol. The first kappa shape index (κ1) is 21.7. The zero-order valence-corrected chi connectivity index (χ0v) is 18.6. The van der Waals surface area contributed by atoms with Crippen LogP contribution in [0.4, 0.5) is 0 Å². The molecule has 2 aromatic carbocycles. The van der Waals surface area contributed by atoms with E-state index in [-0.39, 0.29) is 22.5 Å². The number of piperidine rings is 1. The first-order chi connectivity index (χ1) is 14.9. The molecule has 0 aromatic heterocycles. The molecule has 31 heavy (non-hydrogen) atoms. The van der Waals surface area contributed by atoms with Gasteiger partial charge in [0.2, 0.25) is 15.9 Å². The van der Waals surface area contributed by atoms with Gasteiger partial charge in [-0.15, -0.1) is 0 Å². The number of benzene rings is 2. The van der Waals surface area contributed by atoms with Gasteiger partial charge < -0.3 is 4.90 Å². The Morgan fingerprint density at radius 2 is 1.65 bits per heavy atom. The summed E-state index contributed by atoms with van der Waals surface area (Å²) in [4.78, 5) is 27.0. The van der Waals surface area contributed by atoms with E-state index in [1.165, 1.54) is 23.4 Å². The third-order valence-corrected chi connectivity index (χ3v) is 8.04. The minimum absolute atomic E-state index is 0.133. The molecule has 0 N–H and O–H groups in total. The van der Waals surface area contributed by atoms with Crippen LogP contribution in [0.25, 0.3) is 0 Å². The highest BCUT2D eigenvalue weighted by molar-refractivity contribution is 7.89. The molecule has 1 saturated heterocycles. The topological polar surface area (TPSA) is 74.8 Å². The molecule has 0 atom stereocenters. The molecule has 7 heteroatoms. The number of hydrogen-bond donors (Lipinski definition) is 0. The number of Topliss-reactive ketones (excluding diaryl/α,β-unsaturated/α-hetero) is 1. The zero-order chi connectivity index (χ0) is 22.0. The number of hydrogen-bond acceptors (Lipinski definition) is 4. The van der Waals surface area contributed by atoms with Crippen LogP contribution in [0.1, 0.15) is 48.5 Å². The summed E-state index contributed by atoms with van der Waals surface area (Å²) in [7, 11) is -3.68. The van der Waals surface area contributed by atoms with Gasteiger partial charge in [0, 0.05) is 37.2 Å². The minimum Gasteiger partial charge on any atom is -0.335 e. The lowest BCUT2D eigenvalue weighted by Crippen LogP contribution is -2.44. The van der Waals surface area contributed by atoms with Crippen LogP contribution < -0.4 is 0 Å². The summed E-state index contributed by atoms with van der Waals surface area (Å²) in [5.74, 6) is -0.179. The zero-order valence-electron chi connectivity index (χ0n) is 17.7. The highest BCUT2D eigenvalue weighted by Crippen LogP contribution is 2.32. The molecule has 1 amide bonds. The number of amides is 1. The predicted octanol–water partition coefficient (Wildman–Crippen LogP) is 3.48. The molecule has 1 aliphatic heterocycles. The molecule has 1 heterocycles. The summed E-state index contributed by atoms with van der Waals surface area (Å²) in [6.45, 7) is 2.66. The van der Waals surface area contributed by atoms with Crippen molar-refractivity contribution >= 4 is 21.7 Å². The Balaban J connectivity index is 1.42. The highest BCUT2D eigenvalue weighted by atomic mass is 32.2. The van der Waals surface area contributed by atoms with Gasteiger partial charge in [-0.05, 0) is 50.3 Å². The van der Waals surface area contributed by atoms with Gasteiger partial charge >= 0.3 is 0 Å². The molecule has 2 aliphatic rings. The Bertz CT molecular complexity index is 1060. The van der Waals surface area contributed by atoms with E-state index in [1.54, 1.807) is 12.1 Å². The van der Waals surface area contributed by atoms with Crippen LogP contribution in [0.15, 0.2) is 59.5 Å². The summed E-state index contributed by atoms with van der Waals surface area (Å²) in [5, 5.41) is 0. The summed E-state index contributed by atoms with van der Waals surface area (Å²) in [6, 6.07) is 16.5. The smallest absolute Gasteiger partial charge is 0.243 e. The van der Waals surface area contributed by atoms with Crippen LogP contribution >= 0.6 is 0 Å². The van der Waals surface area contributed by atoms with Gasteiger partial charge in [-0.25, -0.2) is 8.42 Å². The second-order valence-corrected chi connectivity index (χ2v) is 10.4. The van der Waals surface area contributed by atoms with Crippen molar-refractivity contribution in [2.24, 2.45) is 5.92 Å². The lowest BCUT2D eigenvalue weighted by molar-refractivity contribution is -0.138. The number of rotatable bonds is 7. The third-order valence-electron chi connectivity index (χ3n) is 6.15. The van der Waals surface area contributed by atoms with E-state index in [2.05, 4.69) is 0 Å². The Hall–Kier alpha value is -2.51. The standard InChI is InChI=1S/C24H28N2O4S/c1-18(27)21-8-5-9-23(16-21)31(29,30)25-14-12-20(13-15-25)24(28)26(22-10-11-22)17-19-6-3-2-4-7-19/h2-9,16,20,22H,10-15,17H2,1H3. The highest BCUT2D eigenvalue weighted by Gasteiger charge is 2.38. The normalized spacial score (nSPS) is 18.0. The van der Waals surface area contributed by atoms with Gasteiger partial charge in [0.05, 0.1) is 4.90 Å². The quantitative estimate of drug-likeness (QED) is 0.618. The first-order valence-electron chi connectivity index (χ1n) is 10.8. The maximum Gasteiger partial charge on any atom is 0.243 e. The van der Waals surface area contributed by atoms with Crippen molar-refractivity contribution < 1.29 is 18.0 Å². The number of sulfonamides is 1. The average Bonchev–Trinajstić information content (AvgIpc) is 3.63. The van der Waals surface area contributed by atoms with Crippen molar-refractivity contribution in [1.29, 1.82) is 0 Å². The van der Waals surface area contributed by atoms with Gasteiger partial charge in [0.25, 0.3) is 0 Å². The molecule has 2 aromatic rings. The van der Waals surface area contributed by atoms with E-state index in [0.717, 1.165) is 18.4 Å². The largest absolute Gasteiger partial charge is 0.335 e. The SMILES string of the molecule is CC(=O)c1cccc(S(=O)(=O)N2CCC(C(=O)N(Cc3ccccc3)C3CC3)CC2)c1. The van der Waals surface area contributed by atoms with Crippen molar-refractivity contribution in [3.05, 3.63) is 65.7 Å². The van der Waals surface area contributed by atoms with E-state index in [9.17, 15) is 18.0 Å². The van der Waals surface area contributed by atoms with Crippen molar-refractivity contribution in [3.63, 3.8) is 0 Å². The van der Waals surface area contributed by atoms with Gasteiger partial charge in [-0.3, -0.25) is 9.59 Å². The second-order valence-electron chi connectivity index (χ2n) is 8.45. The molecule has 6 nitrogen and oxygen atoms in total. The van der Waals surface area contributed by atoms with Gasteiger partial charge in [-0.1, -0.05) is 42.5 Å². The van der Waals surface area contributed by atoms with E-state index in [0.29, 0.717) is 44.1 Å². The molecular weight excluding hydrogens is 412 g/mol. The molecule has 164 valence electrons. The van der Waals surface area contributed by atoms with Crippen LogP contribution in [0.2, 0.25) is 0 Å². The van der Waals surface area contributed by atoms with E-state index >= 15 is 0 Å². The predicted molar refractivity (Wildman–Crippen MR) is 118 cm³/mol. The third kappa shape index (κ3) is 4.88. The fraction of sp³-hybridized carbons (Fsp3) is 0.417. The fourth-order valence-electron chi connectivity index (χ4n) is 4.16. The minimum atomic E-state index is -3.68. The molecular formula is C24H28N2O4S. The second kappa shape index (κ2) is 8.93. The number of carbonyl (C=O) groups is 2. The Kier molecular flexibility index (Phi) is 6.25. The van der Waals surface area contributed by atoms with E-state index in [4.69, 9.17) is 0 Å². The van der Waals surface area contributed by atoms with Crippen molar-refractivity contribution in [1.82, 2.24) is 9.21 Å². The Labute approximate surface area is 183 Å². The summed E-state index contributed by atoms with van der Waals surface area (Å²) < 4.78 is 27.5. The van der Waals surface area contributed by atoms with Crippen LogP contribution in [-0.4, -0.2) is 48.4 Å². The maximum absolute atomic E-state index is 13.3. The molecule has 4 rings (SSSR count). The van der Waals surface area contributed by atoms with E-state index < -0.39 is 10.0 Å². The summed E-state index contributed by atoms with van der Waals surface area (Å²) in [5.41, 5.74) is 1.50. The van der Waals surface area contributed by atoms with Crippen LogP contribution in [0.3, 0.4) is 0 Å². The molecule has 0 bridgehead atoms. The first-order valence-corrected chi connectivity index (χ1v) is 12.3. The van der Waals surface area contributed by atoms with Crippen molar-refractivity contribution in [2.45, 2.75) is 50.1 Å². The van der Waals surface area contributed by atoms with Gasteiger partial charge in [0.1, 0.15) is 0 Å². The summed E-state index contributed by atoms with van der Waals surface area (Å²) >= 11 is 0. The Morgan fingerprint density at radius 3 is 2.26 bits per heavy atom. The van der Waals surface area contributed by atoms with Crippen LogP contribution in [0.5, 0.6) is 0 Å². The molecule has 1 saturated carbocycles. The molecule has 2 fully saturated rings. The fourth-order valence-corrected chi connectivity index (χ4v) is 5.67. The molecule has 0 spiro atoms. The average molecular weight is 441 g/mol. The molecule has 0 radical (unpaired) electrons. The van der Waals surface area contributed by atoms with E-state index in [1.807, 2.05) is 35.2 Å². The number of ketones is 1. The van der Waals surface area contributed by atoms with Gasteiger partial charge in [0.15, 0.2) is 5.78 Å². The number of nitrogens with zero attached hydrogens (tertiary/aromatic N) is 2. The Morgan fingerprint density at radius 1 is 0.968 bits per heavy atom.